The highest BCUT2D eigenvalue weighted by atomic mass is 79.9. The molecule has 72 valence electrons. The van der Waals surface area contributed by atoms with Gasteiger partial charge in [0.25, 0.3) is 0 Å². The van der Waals surface area contributed by atoms with Crippen molar-refractivity contribution in [1.29, 1.82) is 0 Å². The Balaban J connectivity index is 2.83. The average Bonchev–Trinajstić information content (AvgIpc) is 2.19. The summed E-state index contributed by atoms with van der Waals surface area (Å²) in [6, 6.07) is 7.30. The van der Waals surface area contributed by atoms with Crippen LogP contribution in [0.1, 0.15) is 4.88 Å². The van der Waals surface area contributed by atoms with Crippen LogP contribution in [-0.4, -0.2) is 0 Å². The first kappa shape index (κ1) is 10.1. The normalized spacial score (nSPS) is 10.7. The predicted molar refractivity (Wildman–Crippen MR) is 65.4 cm³/mol. The van der Waals surface area contributed by atoms with Crippen LogP contribution in [0, 0.1) is 0 Å². The van der Waals surface area contributed by atoms with Crippen LogP contribution in [-0.2, 0) is 5.88 Å². The van der Waals surface area contributed by atoms with Gasteiger partial charge < -0.3 is 0 Å². The predicted octanol–water partition coefficient (Wildman–Crippen LogP) is 3.76. The van der Waals surface area contributed by atoms with Gasteiger partial charge in [0.2, 0.25) is 0 Å². The summed E-state index contributed by atoms with van der Waals surface area (Å²) in [6.45, 7) is 0. The van der Waals surface area contributed by atoms with E-state index in [9.17, 15) is 4.79 Å². The Bertz CT molecular complexity index is 535. The zero-order chi connectivity index (χ0) is 10.1. The van der Waals surface area contributed by atoms with Gasteiger partial charge in [-0.2, -0.15) is 0 Å². The molecule has 0 bridgehead atoms. The van der Waals surface area contributed by atoms with Gasteiger partial charge in [-0.25, -0.2) is 0 Å². The average molecular weight is 290 g/mol. The molecule has 1 aromatic carbocycles. The highest BCUT2D eigenvalue weighted by molar-refractivity contribution is 9.10. The second-order valence-corrected chi connectivity index (χ2v) is 5.20. The standard InChI is InChI=1S/C10H6BrClOS/c11-6-1-2-10-8(3-6)9(13)4-7(5-12)14-10/h1-4H,5H2. The first-order chi connectivity index (χ1) is 6.70. The van der Waals surface area contributed by atoms with Gasteiger partial charge in [-0.3, -0.25) is 4.79 Å². The van der Waals surface area contributed by atoms with E-state index in [1.165, 1.54) is 0 Å². The van der Waals surface area contributed by atoms with Crippen molar-refractivity contribution in [2.75, 3.05) is 0 Å². The maximum absolute atomic E-state index is 11.6. The van der Waals surface area contributed by atoms with E-state index in [0.29, 0.717) is 5.88 Å². The largest absolute Gasteiger partial charge is 0.289 e. The van der Waals surface area contributed by atoms with E-state index < -0.39 is 0 Å². The minimum atomic E-state index is 0.0377. The van der Waals surface area contributed by atoms with E-state index in [0.717, 1.165) is 19.4 Å². The molecule has 0 radical (unpaired) electrons. The van der Waals surface area contributed by atoms with E-state index in [1.807, 2.05) is 18.2 Å². The van der Waals surface area contributed by atoms with Crippen molar-refractivity contribution in [3.05, 3.63) is 43.8 Å². The molecule has 0 N–H and O–H groups in total. The van der Waals surface area contributed by atoms with Crippen LogP contribution in [0.25, 0.3) is 10.1 Å². The Kier molecular flexibility index (Phi) is 2.91. The van der Waals surface area contributed by atoms with E-state index in [1.54, 1.807) is 17.4 Å². The fraction of sp³-hybridized carbons (Fsp3) is 0.100. The van der Waals surface area contributed by atoms with Gasteiger partial charge in [0, 0.05) is 25.5 Å². The van der Waals surface area contributed by atoms with Crippen LogP contribution in [0.15, 0.2) is 33.5 Å². The minimum Gasteiger partial charge on any atom is -0.289 e. The number of fused-ring (bicyclic) bond motifs is 1. The summed E-state index contributed by atoms with van der Waals surface area (Å²) < 4.78 is 1.91. The third-order valence-electron chi connectivity index (χ3n) is 1.87. The van der Waals surface area contributed by atoms with Crippen molar-refractivity contribution < 1.29 is 0 Å². The highest BCUT2D eigenvalue weighted by Crippen LogP contribution is 2.23. The van der Waals surface area contributed by atoms with Gasteiger partial charge in [-0.05, 0) is 18.2 Å². The molecule has 1 aromatic heterocycles. The van der Waals surface area contributed by atoms with Crippen molar-refractivity contribution in [1.82, 2.24) is 0 Å². The van der Waals surface area contributed by atoms with Crippen LogP contribution < -0.4 is 5.43 Å². The van der Waals surface area contributed by atoms with Crippen molar-refractivity contribution in [3.8, 4) is 0 Å². The number of hydrogen-bond donors (Lipinski definition) is 0. The number of halogens is 2. The van der Waals surface area contributed by atoms with Crippen LogP contribution >= 0.6 is 38.9 Å². The molecule has 0 amide bonds. The summed E-state index contributed by atoms with van der Waals surface area (Å²) in [5, 5.41) is 0.748. The Morgan fingerprint density at radius 1 is 1.36 bits per heavy atom. The molecule has 1 nitrogen and oxygen atoms in total. The molecule has 0 aliphatic carbocycles. The summed E-state index contributed by atoms with van der Waals surface area (Å²) in [5.74, 6) is 0.395. The smallest absolute Gasteiger partial charge is 0.188 e. The molecule has 0 unspecified atom stereocenters. The summed E-state index contributed by atoms with van der Waals surface area (Å²) in [7, 11) is 0. The molecular weight excluding hydrogens is 284 g/mol. The lowest BCUT2D eigenvalue weighted by Gasteiger charge is -1.99. The Morgan fingerprint density at radius 2 is 2.14 bits per heavy atom. The summed E-state index contributed by atoms with van der Waals surface area (Å²) >= 11 is 10.6. The topological polar surface area (TPSA) is 17.1 Å². The number of hydrogen-bond acceptors (Lipinski definition) is 2. The number of alkyl halides is 1. The summed E-state index contributed by atoms with van der Waals surface area (Å²) in [6.07, 6.45) is 0. The van der Waals surface area contributed by atoms with E-state index in [4.69, 9.17) is 11.6 Å². The fourth-order valence-electron chi connectivity index (χ4n) is 1.24. The fourth-order valence-corrected chi connectivity index (χ4v) is 2.75. The number of benzene rings is 1. The molecule has 0 spiro atoms. The van der Waals surface area contributed by atoms with Crippen molar-refractivity contribution >= 4 is 49.0 Å². The Labute approximate surface area is 98.5 Å². The lowest BCUT2D eigenvalue weighted by molar-refractivity contribution is 1.49. The van der Waals surface area contributed by atoms with Gasteiger partial charge in [0.1, 0.15) is 0 Å². The van der Waals surface area contributed by atoms with Crippen LogP contribution in [0.2, 0.25) is 0 Å². The molecule has 1 heterocycles. The third-order valence-corrected chi connectivity index (χ3v) is 3.91. The van der Waals surface area contributed by atoms with Crippen LogP contribution in [0.5, 0.6) is 0 Å². The highest BCUT2D eigenvalue weighted by Gasteiger charge is 2.02. The van der Waals surface area contributed by atoms with Crippen LogP contribution in [0.3, 0.4) is 0 Å². The molecule has 2 aromatic rings. The van der Waals surface area contributed by atoms with Gasteiger partial charge in [-0.1, -0.05) is 15.9 Å². The minimum absolute atomic E-state index is 0.0377. The molecule has 0 atom stereocenters. The SMILES string of the molecule is O=c1cc(CCl)sc2ccc(Br)cc12. The Hall–Kier alpha value is -0.380. The second-order valence-electron chi connectivity index (χ2n) is 2.85. The van der Waals surface area contributed by atoms with Gasteiger partial charge in [0.05, 0.1) is 5.88 Å². The quantitative estimate of drug-likeness (QED) is 0.731. The first-order valence-corrected chi connectivity index (χ1v) is 6.13. The summed E-state index contributed by atoms with van der Waals surface area (Å²) in [5.41, 5.74) is 0.0377. The van der Waals surface area contributed by atoms with E-state index in [-0.39, 0.29) is 5.43 Å². The number of rotatable bonds is 1. The van der Waals surface area contributed by atoms with Crippen LogP contribution in [0.4, 0.5) is 0 Å². The second kappa shape index (κ2) is 4.01. The monoisotopic (exact) mass is 288 g/mol. The Morgan fingerprint density at radius 3 is 2.86 bits per heavy atom. The molecule has 4 heteroatoms. The van der Waals surface area contributed by atoms with Crippen molar-refractivity contribution in [3.63, 3.8) is 0 Å². The molecule has 0 aliphatic rings. The zero-order valence-corrected chi connectivity index (χ0v) is 10.2. The van der Waals surface area contributed by atoms with Crippen molar-refractivity contribution in [2.24, 2.45) is 0 Å². The molecule has 0 saturated heterocycles. The van der Waals surface area contributed by atoms with E-state index >= 15 is 0 Å². The summed E-state index contributed by atoms with van der Waals surface area (Å²) in [4.78, 5) is 12.5. The third kappa shape index (κ3) is 1.85. The van der Waals surface area contributed by atoms with Gasteiger partial charge >= 0.3 is 0 Å². The maximum atomic E-state index is 11.6. The first-order valence-electron chi connectivity index (χ1n) is 3.99. The molecule has 2 rings (SSSR count). The van der Waals surface area contributed by atoms with Gasteiger partial charge in [-0.15, -0.1) is 22.9 Å². The van der Waals surface area contributed by atoms with E-state index in [2.05, 4.69) is 15.9 Å². The zero-order valence-electron chi connectivity index (χ0n) is 7.09. The van der Waals surface area contributed by atoms with Crippen molar-refractivity contribution in [2.45, 2.75) is 5.88 Å². The molecule has 0 fully saturated rings. The maximum Gasteiger partial charge on any atom is 0.188 e. The van der Waals surface area contributed by atoms with Gasteiger partial charge in [0.15, 0.2) is 5.43 Å². The molecule has 0 saturated carbocycles. The lowest BCUT2D eigenvalue weighted by atomic mass is 10.2. The molecule has 0 aliphatic heterocycles. The molecule has 14 heavy (non-hydrogen) atoms. The lowest BCUT2D eigenvalue weighted by Crippen LogP contribution is -1.99. The molecular formula is C10H6BrClOS.